The largest absolute Gasteiger partial charge is 0.309 e. The van der Waals surface area contributed by atoms with Crippen molar-refractivity contribution in [2.45, 2.75) is 157 Å². The van der Waals surface area contributed by atoms with Crippen LogP contribution < -0.4 is 0 Å². The molecule has 23 aromatic rings. The van der Waals surface area contributed by atoms with Gasteiger partial charge >= 0.3 is 0 Å². The summed E-state index contributed by atoms with van der Waals surface area (Å²) in [5, 5.41) is 12.5. The van der Waals surface area contributed by atoms with E-state index in [-0.39, 0.29) is 32.5 Å². The third-order valence-electron chi connectivity index (χ3n) is 25.7. The second kappa shape index (κ2) is 36.4. The molecule has 0 aliphatic carbocycles. The quantitative estimate of drug-likeness (QED) is 0.149. The summed E-state index contributed by atoms with van der Waals surface area (Å²) in [5.41, 5.74) is 23.4. The first-order valence-corrected chi connectivity index (χ1v) is 47.7. The highest BCUT2D eigenvalue weighted by Gasteiger charge is 2.29. The van der Waals surface area contributed by atoms with E-state index in [0.717, 1.165) is 85.3 Å². The minimum atomic E-state index is -0.220. The van der Waals surface area contributed by atoms with Crippen molar-refractivity contribution >= 4 is 109 Å². The minimum absolute atomic E-state index is 0.0377. The van der Waals surface area contributed by atoms with Gasteiger partial charge < -0.3 is 4.57 Å². The second-order valence-electron chi connectivity index (χ2n) is 41.9. The molecule has 14 aromatic carbocycles. The van der Waals surface area contributed by atoms with Crippen molar-refractivity contribution in [3.8, 4) is 62.6 Å². The van der Waals surface area contributed by atoms with E-state index in [1.165, 1.54) is 120 Å². The molecular formula is C125H118N12. The number of aromatic nitrogens is 12. The van der Waals surface area contributed by atoms with Crippen LogP contribution in [0.3, 0.4) is 0 Å². The van der Waals surface area contributed by atoms with Gasteiger partial charge in [-0.3, -0.25) is 18.3 Å². The Morgan fingerprint density at radius 3 is 0.723 bits per heavy atom. The molecule has 678 valence electrons. The highest BCUT2D eigenvalue weighted by Crippen LogP contribution is 2.44. The van der Waals surface area contributed by atoms with Crippen molar-refractivity contribution in [1.29, 1.82) is 0 Å². The Morgan fingerprint density at radius 1 is 0.182 bits per heavy atom. The van der Waals surface area contributed by atoms with Gasteiger partial charge in [0.2, 0.25) is 0 Å². The van der Waals surface area contributed by atoms with Crippen LogP contribution in [0.25, 0.3) is 172 Å². The first-order chi connectivity index (χ1) is 65.8. The van der Waals surface area contributed by atoms with E-state index in [1.807, 2.05) is 48.8 Å². The number of para-hydroxylation sites is 11. The molecule has 0 amide bonds. The molecular weight excluding hydrogens is 1670 g/mol. The minimum Gasteiger partial charge on any atom is -0.309 e. The zero-order valence-electron chi connectivity index (χ0n) is 81.8. The number of nitrogens with zero attached hydrogens (tertiary/aromatic N) is 12. The van der Waals surface area contributed by atoms with E-state index in [9.17, 15) is 0 Å². The highest BCUT2D eigenvalue weighted by atomic mass is 15.2. The first kappa shape index (κ1) is 90.6. The maximum Gasteiger partial charge on any atom is 0.143 e. The van der Waals surface area contributed by atoms with Gasteiger partial charge in [-0.1, -0.05) is 410 Å². The molecule has 0 atom stereocenters. The Balaban J connectivity index is 0.000000113. The Hall–Kier alpha value is -15.5. The summed E-state index contributed by atoms with van der Waals surface area (Å²) < 4.78 is 11.6. The summed E-state index contributed by atoms with van der Waals surface area (Å²) in [4.78, 5) is 34.1. The van der Waals surface area contributed by atoms with Gasteiger partial charge in [0.15, 0.2) is 0 Å². The molecule has 0 radical (unpaired) electrons. The molecule has 23 rings (SSSR count). The Morgan fingerprint density at radius 2 is 0.431 bits per heavy atom. The predicted molar refractivity (Wildman–Crippen MR) is 577 cm³/mol. The van der Waals surface area contributed by atoms with Crippen LogP contribution in [0.1, 0.15) is 159 Å². The van der Waals surface area contributed by atoms with Crippen molar-refractivity contribution in [1.82, 2.24) is 57.7 Å². The van der Waals surface area contributed by atoms with E-state index in [4.69, 9.17) is 24.9 Å². The fourth-order valence-corrected chi connectivity index (χ4v) is 18.7. The lowest BCUT2D eigenvalue weighted by molar-refractivity contribution is 0.532. The van der Waals surface area contributed by atoms with E-state index in [1.54, 1.807) is 0 Å². The fourth-order valence-electron chi connectivity index (χ4n) is 18.7. The summed E-state index contributed by atoms with van der Waals surface area (Å²) in [6.07, 6.45) is 3.88. The zero-order chi connectivity index (χ0) is 95.5. The number of rotatable bonds is 8. The van der Waals surface area contributed by atoms with E-state index < -0.39 is 0 Å². The van der Waals surface area contributed by atoms with Gasteiger partial charge in [-0.2, -0.15) is 0 Å². The maximum atomic E-state index is 5.36. The summed E-state index contributed by atoms with van der Waals surface area (Å²) >= 11 is 0. The molecule has 0 unspecified atom stereocenters. The first-order valence-electron chi connectivity index (χ1n) is 47.7. The molecule has 12 nitrogen and oxygen atoms in total. The molecule has 0 bridgehead atoms. The summed E-state index contributed by atoms with van der Waals surface area (Å²) in [7, 11) is 0. The zero-order valence-corrected chi connectivity index (χ0v) is 81.8. The van der Waals surface area contributed by atoms with E-state index >= 15 is 0 Å². The van der Waals surface area contributed by atoms with Crippen molar-refractivity contribution in [3.63, 3.8) is 0 Å². The fraction of sp³-hybridized carbons (Fsp3) is 0.192. The Bertz CT molecular complexity index is 7480. The van der Waals surface area contributed by atoms with Crippen LogP contribution >= 0.6 is 0 Å². The van der Waals surface area contributed by atoms with Gasteiger partial charge in [0.05, 0.1) is 72.2 Å². The van der Waals surface area contributed by atoms with Gasteiger partial charge in [-0.05, 0) is 123 Å². The van der Waals surface area contributed by atoms with Crippen LogP contribution in [-0.4, -0.2) is 57.7 Å². The Labute approximate surface area is 803 Å². The van der Waals surface area contributed by atoms with E-state index in [0.29, 0.717) is 0 Å². The van der Waals surface area contributed by atoms with Crippen LogP contribution in [0.5, 0.6) is 0 Å². The average molecular weight is 1790 g/mol. The molecule has 9 aromatic heterocycles. The summed E-state index contributed by atoms with van der Waals surface area (Å²) in [5.74, 6) is 6.23. The number of fused-ring (bicyclic) bond motifs is 15. The highest BCUT2D eigenvalue weighted by molar-refractivity contribution is 6.13. The van der Waals surface area contributed by atoms with Crippen molar-refractivity contribution < 1.29 is 0 Å². The second-order valence-corrected chi connectivity index (χ2v) is 41.9. The number of pyridine rings is 1. The van der Waals surface area contributed by atoms with Crippen molar-refractivity contribution in [3.05, 3.63) is 423 Å². The molecule has 0 fully saturated rings. The molecule has 0 saturated carbocycles. The third-order valence-corrected chi connectivity index (χ3v) is 25.7. The average Bonchev–Trinajstić information content (AvgIpc) is 1.59. The lowest BCUT2D eigenvalue weighted by Crippen LogP contribution is -2.19. The molecule has 0 aliphatic heterocycles. The van der Waals surface area contributed by atoms with Crippen LogP contribution in [-0.2, 0) is 32.5 Å². The summed E-state index contributed by atoms with van der Waals surface area (Å²) in [6, 6.07) is 133. The number of benzene rings is 14. The topological polar surface area (TPSA) is 115 Å². The van der Waals surface area contributed by atoms with Gasteiger partial charge in [-0.25, -0.2) is 34.9 Å². The number of hydrogen-bond donors (Lipinski definition) is 0. The molecule has 0 spiro atoms. The van der Waals surface area contributed by atoms with Crippen LogP contribution in [0.15, 0.2) is 389 Å². The van der Waals surface area contributed by atoms with Crippen molar-refractivity contribution in [2.75, 3.05) is 0 Å². The van der Waals surface area contributed by atoms with Gasteiger partial charge in [0.1, 0.15) is 40.7 Å². The standard InChI is InChI=1S/C33H27N3.C32H26N4.C28H25N.C20H20N2.C12H20N2/c1-33(2,3)22-20-31(35-27-16-8-4-12-23(27)24-13-5-9-17-28(24)35)34-32(21-22)36-29-18-10-6-14-25(29)26-15-7-11-19-30(26)36;1-32(2,3)31-33-29(35-25-16-8-4-12-21(25)22-13-5-9-17-26(22)35)20-30(34-31)36-27-18-10-6-14-23(27)24-15-7-11-19-28(24)36;1-28(2,3)24-16-8-4-12-20(24)21-13-5-9-17-25(21)29-26-18-10-6-14-22(26)23-15-7-11-19-27(23)29;1-20(2,3)19-21-17(15-10-6-4-7-11-15)14-18(22-19)16-12-8-5-9-13-16;1-11(2,3)9-7-13-10(14-8-9)12(4,5)6/h4-21H,1-3H3;4-20H,1-3H3;4-19H,1-3H3;4-14H,1-3H3;7-8H,1-6H3. The number of hydrogen-bond acceptors (Lipinski definition) is 7. The molecule has 0 N–H and O–H groups in total. The smallest absolute Gasteiger partial charge is 0.143 e. The summed E-state index contributed by atoms with van der Waals surface area (Å²) in [6.45, 7) is 39.5. The lowest BCUT2D eigenvalue weighted by Gasteiger charge is -2.24. The SMILES string of the molecule is CC(C)(C)c1cc(-n2c3ccccc3c3ccccc32)nc(-n2c3ccccc3c3ccccc32)c1.CC(C)(C)c1ccccc1-c1ccccc1-n1c2ccccc2c2ccccc21.CC(C)(C)c1cnc(C(C)(C)C)nc1.CC(C)(C)c1nc(-c2ccccc2)cc(-c2ccccc2)n1.CC(C)(C)c1nc(-n2c3ccccc3c3ccccc32)cc(-n2c3ccccc3c3ccccc32)n1. The van der Waals surface area contributed by atoms with E-state index in [2.05, 4.69) is 497 Å². The molecule has 12 heteroatoms. The van der Waals surface area contributed by atoms with Crippen molar-refractivity contribution in [2.24, 2.45) is 0 Å². The van der Waals surface area contributed by atoms with Gasteiger partial charge in [0, 0.05) is 105 Å². The monoisotopic (exact) mass is 1790 g/mol. The third kappa shape index (κ3) is 18.0. The van der Waals surface area contributed by atoms with Crippen LogP contribution in [0, 0.1) is 0 Å². The van der Waals surface area contributed by atoms with Crippen LogP contribution in [0.4, 0.5) is 0 Å². The maximum absolute atomic E-state index is 5.36. The predicted octanol–water partition coefficient (Wildman–Crippen LogP) is 32.5. The normalized spacial score (nSPS) is 12.2. The molecule has 0 aliphatic rings. The van der Waals surface area contributed by atoms with Gasteiger partial charge in [-0.15, -0.1) is 0 Å². The molecule has 9 heterocycles. The van der Waals surface area contributed by atoms with Gasteiger partial charge in [0.25, 0.3) is 0 Å². The lowest BCUT2D eigenvalue weighted by atomic mass is 9.81. The molecule has 0 saturated heterocycles. The van der Waals surface area contributed by atoms with Crippen LogP contribution in [0.2, 0.25) is 0 Å². The molecule has 137 heavy (non-hydrogen) atoms. The Kier molecular flexibility index (Phi) is 24.1.